The fraction of sp³-hybridized carbons (Fsp3) is 0.727. The number of carbonyl (C=O) groups excluding carboxylic acids is 2. The molecule has 0 bridgehead atoms. The lowest BCUT2D eigenvalue weighted by atomic mass is 9.85. The molecule has 0 aromatic carbocycles. The number of hydrogen-bond donors (Lipinski definition) is 2. The van der Waals surface area contributed by atoms with Crippen LogP contribution in [0.25, 0.3) is 0 Å². The predicted molar refractivity (Wildman–Crippen MR) is 60.3 cm³/mol. The van der Waals surface area contributed by atoms with E-state index in [2.05, 4.69) is 10.1 Å². The summed E-state index contributed by atoms with van der Waals surface area (Å²) in [4.78, 5) is 32.9. The van der Waals surface area contributed by atoms with Crippen molar-refractivity contribution in [3.8, 4) is 0 Å². The van der Waals surface area contributed by atoms with Crippen LogP contribution in [0.5, 0.6) is 0 Å². The molecule has 0 fully saturated rings. The van der Waals surface area contributed by atoms with Gasteiger partial charge in [-0.3, -0.25) is 14.4 Å². The van der Waals surface area contributed by atoms with Gasteiger partial charge in [-0.1, -0.05) is 13.8 Å². The van der Waals surface area contributed by atoms with Crippen molar-refractivity contribution in [3.63, 3.8) is 0 Å². The summed E-state index contributed by atoms with van der Waals surface area (Å²) in [7, 11) is 0. The van der Waals surface area contributed by atoms with Crippen LogP contribution in [0.15, 0.2) is 0 Å². The Morgan fingerprint density at radius 3 is 2.29 bits per heavy atom. The Hall–Kier alpha value is -1.59. The third-order valence-corrected chi connectivity index (χ3v) is 2.00. The molecule has 6 nitrogen and oxygen atoms in total. The minimum atomic E-state index is -0.951. The topological polar surface area (TPSA) is 92.7 Å². The van der Waals surface area contributed by atoms with E-state index in [0.29, 0.717) is 0 Å². The molecular weight excluding hydrogens is 226 g/mol. The van der Waals surface area contributed by atoms with E-state index in [1.54, 1.807) is 20.8 Å². The molecule has 0 aliphatic carbocycles. The van der Waals surface area contributed by atoms with E-state index in [4.69, 9.17) is 5.11 Å². The van der Waals surface area contributed by atoms with Gasteiger partial charge in [0.15, 0.2) is 0 Å². The predicted octanol–water partition coefficient (Wildman–Crippen LogP) is 0.557. The molecule has 0 aliphatic heterocycles. The molecule has 6 heteroatoms. The maximum atomic E-state index is 11.4. The Balaban J connectivity index is 4.01. The van der Waals surface area contributed by atoms with Gasteiger partial charge in [-0.2, -0.15) is 0 Å². The Labute approximate surface area is 100 Å². The molecule has 17 heavy (non-hydrogen) atoms. The molecule has 0 aliphatic rings. The summed E-state index contributed by atoms with van der Waals surface area (Å²) in [5.41, 5.74) is -0.634. The van der Waals surface area contributed by atoms with Crippen LogP contribution in [-0.2, 0) is 19.1 Å². The monoisotopic (exact) mass is 245 g/mol. The highest BCUT2D eigenvalue weighted by Crippen LogP contribution is 2.24. The lowest BCUT2D eigenvalue weighted by molar-refractivity contribution is -0.144. The van der Waals surface area contributed by atoms with E-state index in [1.165, 1.54) is 0 Å². The zero-order valence-electron chi connectivity index (χ0n) is 10.4. The van der Waals surface area contributed by atoms with Gasteiger partial charge >= 0.3 is 11.9 Å². The standard InChI is InChI=1S/C11H19NO5/c1-4-17-10(16)7-12-8(13)5-11(2,3)6-9(14)15/h4-7H2,1-3H3,(H,12,13)(H,14,15). The first-order valence-corrected chi connectivity index (χ1v) is 5.41. The first-order valence-electron chi connectivity index (χ1n) is 5.41. The van der Waals surface area contributed by atoms with Crippen LogP contribution in [-0.4, -0.2) is 36.1 Å². The molecule has 2 N–H and O–H groups in total. The van der Waals surface area contributed by atoms with Gasteiger partial charge < -0.3 is 15.2 Å². The summed E-state index contributed by atoms with van der Waals surface area (Å²) in [5, 5.41) is 11.0. The number of esters is 1. The van der Waals surface area contributed by atoms with Crippen molar-refractivity contribution in [3.05, 3.63) is 0 Å². The highest BCUT2D eigenvalue weighted by atomic mass is 16.5. The summed E-state index contributed by atoms with van der Waals surface area (Å²) in [6, 6.07) is 0. The van der Waals surface area contributed by atoms with Crippen molar-refractivity contribution < 1.29 is 24.2 Å². The largest absolute Gasteiger partial charge is 0.481 e. The van der Waals surface area contributed by atoms with Crippen molar-refractivity contribution in [2.24, 2.45) is 5.41 Å². The van der Waals surface area contributed by atoms with Gasteiger partial charge in [-0.05, 0) is 12.3 Å². The Kier molecular flexibility index (Phi) is 6.23. The summed E-state index contributed by atoms with van der Waals surface area (Å²) in [6.45, 7) is 5.13. The van der Waals surface area contributed by atoms with Gasteiger partial charge in [0.2, 0.25) is 5.91 Å². The molecular formula is C11H19NO5. The average molecular weight is 245 g/mol. The first kappa shape index (κ1) is 15.4. The quantitative estimate of drug-likeness (QED) is 0.639. The lowest BCUT2D eigenvalue weighted by Gasteiger charge is -2.21. The number of rotatable bonds is 7. The molecule has 0 aromatic heterocycles. The number of nitrogens with one attached hydrogen (secondary N) is 1. The SMILES string of the molecule is CCOC(=O)CNC(=O)CC(C)(C)CC(=O)O. The number of carboxylic acid groups (broad SMARTS) is 1. The zero-order chi connectivity index (χ0) is 13.5. The minimum Gasteiger partial charge on any atom is -0.481 e. The molecule has 0 unspecified atom stereocenters. The molecule has 0 heterocycles. The van der Waals surface area contributed by atoms with Crippen molar-refractivity contribution in [2.75, 3.05) is 13.2 Å². The van der Waals surface area contributed by atoms with E-state index < -0.39 is 17.4 Å². The van der Waals surface area contributed by atoms with E-state index >= 15 is 0 Å². The van der Waals surface area contributed by atoms with Crippen LogP contribution in [0.4, 0.5) is 0 Å². The smallest absolute Gasteiger partial charge is 0.325 e. The number of carboxylic acids is 1. The highest BCUT2D eigenvalue weighted by Gasteiger charge is 2.25. The van der Waals surface area contributed by atoms with Crippen LogP contribution in [0, 0.1) is 5.41 Å². The molecule has 0 radical (unpaired) electrons. The molecule has 0 saturated heterocycles. The van der Waals surface area contributed by atoms with E-state index in [9.17, 15) is 14.4 Å². The van der Waals surface area contributed by atoms with Crippen molar-refractivity contribution in [2.45, 2.75) is 33.6 Å². The van der Waals surface area contributed by atoms with Crippen LogP contribution in [0.2, 0.25) is 0 Å². The van der Waals surface area contributed by atoms with Gasteiger partial charge in [0.05, 0.1) is 13.0 Å². The number of aliphatic carboxylic acids is 1. The lowest BCUT2D eigenvalue weighted by Crippen LogP contribution is -2.34. The maximum absolute atomic E-state index is 11.4. The fourth-order valence-electron chi connectivity index (χ4n) is 1.35. The second kappa shape index (κ2) is 6.88. The van der Waals surface area contributed by atoms with E-state index in [0.717, 1.165) is 0 Å². The summed E-state index contributed by atoms with van der Waals surface area (Å²) >= 11 is 0. The molecule has 98 valence electrons. The van der Waals surface area contributed by atoms with Gasteiger partial charge in [0.1, 0.15) is 6.54 Å². The van der Waals surface area contributed by atoms with Gasteiger partial charge in [0.25, 0.3) is 0 Å². The van der Waals surface area contributed by atoms with E-state index in [-0.39, 0.29) is 31.9 Å². The van der Waals surface area contributed by atoms with Crippen molar-refractivity contribution in [1.29, 1.82) is 0 Å². The molecule has 0 aromatic rings. The molecule has 1 amide bonds. The molecule has 0 saturated carbocycles. The zero-order valence-corrected chi connectivity index (χ0v) is 10.4. The van der Waals surface area contributed by atoms with Crippen molar-refractivity contribution >= 4 is 17.8 Å². The van der Waals surface area contributed by atoms with Gasteiger partial charge in [0, 0.05) is 6.42 Å². The van der Waals surface area contributed by atoms with Gasteiger partial charge in [-0.15, -0.1) is 0 Å². The van der Waals surface area contributed by atoms with Crippen LogP contribution >= 0.6 is 0 Å². The first-order chi connectivity index (χ1) is 7.76. The number of carbonyl (C=O) groups is 3. The normalized spacial score (nSPS) is 10.8. The Morgan fingerprint density at radius 1 is 1.24 bits per heavy atom. The molecule has 0 atom stereocenters. The fourth-order valence-corrected chi connectivity index (χ4v) is 1.35. The molecule has 0 rings (SSSR count). The minimum absolute atomic E-state index is 0.0543. The number of hydrogen-bond acceptors (Lipinski definition) is 4. The van der Waals surface area contributed by atoms with E-state index in [1.807, 2.05) is 0 Å². The van der Waals surface area contributed by atoms with Crippen molar-refractivity contribution in [1.82, 2.24) is 5.32 Å². The average Bonchev–Trinajstić information content (AvgIpc) is 2.12. The Bertz CT molecular complexity index is 298. The Morgan fingerprint density at radius 2 is 1.82 bits per heavy atom. The summed E-state index contributed by atoms with van der Waals surface area (Å²) in [6.07, 6.45) is -0.0431. The number of ether oxygens (including phenoxy) is 1. The summed E-state index contributed by atoms with van der Waals surface area (Å²) in [5.74, 6) is -1.81. The third-order valence-electron chi connectivity index (χ3n) is 2.00. The second-order valence-electron chi connectivity index (χ2n) is 4.49. The maximum Gasteiger partial charge on any atom is 0.325 e. The highest BCUT2D eigenvalue weighted by molar-refractivity contribution is 5.82. The second-order valence-corrected chi connectivity index (χ2v) is 4.49. The number of amides is 1. The van der Waals surface area contributed by atoms with Crippen LogP contribution < -0.4 is 5.32 Å². The molecule has 0 spiro atoms. The third kappa shape index (κ3) is 8.24. The van der Waals surface area contributed by atoms with Gasteiger partial charge in [-0.25, -0.2) is 0 Å². The van der Waals surface area contributed by atoms with Crippen LogP contribution in [0.3, 0.4) is 0 Å². The summed E-state index contributed by atoms with van der Waals surface area (Å²) < 4.78 is 4.64. The van der Waals surface area contributed by atoms with Crippen LogP contribution in [0.1, 0.15) is 33.6 Å².